The molecular weight excluding hydrogens is 202 g/mol. The van der Waals surface area contributed by atoms with Crippen molar-refractivity contribution in [1.29, 1.82) is 0 Å². The van der Waals surface area contributed by atoms with Crippen molar-refractivity contribution in [2.45, 2.75) is 65.0 Å². The summed E-state index contributed by atoms with van der Waals surface area (Å²) in [6.45, 7) is 8.70. The van der Waals surface area contributed by atoms with E-state index in [-0.39, 0.29) is 11.8 Å². The van der Waals surface area contributed by atoms with Crippen LogP contribution in [0.2, 0.25) is 0 Å². The SMILES string of the molecule is CCC[C@H](C)C(C)(OCC)C(=O)NC1CC1. The van der Waals surface area contributed by atoms with E-state index < -0.39 is 5.60 Å². The Morgan fingerprint density at radius 1 is 1.50 bits per heavy atom. The van der Waals surface area contributed by atoms with E-state index in [1.165, 1.54) is 0 Å². The Morgan fingerprint density at radius 2 is 2.12 bits per heavy atom. The van der Waals surface area contributed by atoms with Crippen molar-refractivity contribution >= 4 is 5.91 Å². The van der Waals surface area contributed by atoms with Gasteiger partial charge in [0.15, 0.2) is 0 Å². The van der Waals surface area contributed by atoms with E-state index in [2.05, 4.69) is 19.2 Å². The molecule has 0 bridgehead atoms. The van der Waals surface area contributed by atoms with Crippen molar-refractivity contribution < 1.29 is 9.53 Å². The number of ether oxygens (including phenoxy) is 1. The first-order chi connectivity index (χ1) is 7.54. The second-order valence-corrected chi connectivity index (χ2v) is 4.98. The third-order valence-corrected chi connectivity index (χ3v) is 3.47. The molecule has 0 radical (unpaired) electrons. The highest BCUT2D eigenvalue weighted by molar-refractivity contribution is 5.85. The molecule has 1 fully saturated rings. The molecule has 16 heavy (non-hydrogen) atoms. The minimum Gasteiger partial charge on any atom is -0.365 e. The number of rotatable bonds is 7. The summed E-state index contributed by atoms with van der Waals surface area (Å²) < 4.78 is 5.72. The summed E-state index contributed by atoms with van der Waals surface area (Å²) in [5, 5.41) is 3.05. The summed E-state index contributed by atoms with van der Waals surface area (Å²) in [7, 11) is 0. The van der Waals surface area contributed by atoms with E-state index in [1.54, 1.807) is 0 Å². The Balaban J connectivity index is 2.63. The number of carbonyl (C=O) groups is 1. The monoisotopic (exact) mass is 227 g/mol. The van der Waals surface area contributed by atoms with Gasteiger partial charge in [0.1, 0.15) is 5.60 Å². The topological polar surface area (TPSA) is 38.3 Å². The Hall–Kier alpha value is -0.570. The maximum Gasteiger partial charge on any atom is 0.252 e. The minimum absolute atomic E-state index is 0.0674. The third kappa shape index (κ3) is 3.21. The highest BCUT2D eigenvalue weighted by Gasteiger charge is 2.41. The fourth-order valence-electron chi connectivity index (χ4n) is 2.00. The maximum absolute atomic E-state index is 12.2. The Morgan fingerprint density at radius 3 is 2.56 bits per heavy atom. The van der Waals surface area contributed by atoms with Gasteiger partial charge in [-0.2, -0.15) is 0 Å². The van der Waals surface area contributed by atoms with Gasteiger partial charge in [-0.1, -0.05) is 20.3 Å². The molecule has 0 spiro atoms. The zero-order chi connectivity index (χ0) is 12.2. The van der Waals surface area contributed by atoms with Gasteiger partial charge in [0.2, 0.25) is 0 Å². The second-order valence-electron chi connectivity index (χ2n) is 4.98. The summed E-state index contributed by atoms with van der Waals surface area (Å²) in [6, 6.07) is 0.404. The minimum atomic E-state index is -0.659. The van der Waals surface area contributed by atoms with Crippen molar-refractivity contribution in [1.82, 2.24) is 5.32 Å². The molecule has 0 aliphatic heterocycles. The van der Waals surface area contributed by atoms with E-state index >= 15 is 0 Å². The van der Waals surface area contributed by atoms with E-state index in [0.717, 1.165) is 25.7 Å². The third-order valence-electron chi connectivity index (χ3n) is 3.47. The second kappa shape index (κ2) is 5.67. The van der Waals surface area contributed by atoms with Crippen molar-refractivity contribution in [2.75, 3.05) is 6.61 Å². The number of hydrogen-bond donors (Lipinski definition) is 1. The first kappa shape index (κ1) is 13.5. The van der Waals surface area contributed by atoms with Gasteiger partial charge in [0.05, 0.1) is 0 Å². The predicted octanol–water partition coefficient (Wildman–Crippen LogP) is 2.50. The normalized spacial score (nSPS) is 21.2. The molecular formula is C13H25NO2. The van der Waals surface area contributed by atoms with Gasteiger partial charge < -0.3 is 10.1 Å². The summed E-state index contributed by atoms with van der Waals surface area (Å²) in [6.07, 6.45) is 4.35. The first-order valence-electron chi connectivity index (χ1n) is 6.49. The zero-order valence-corrected chi connectivity index (χ0v) is 11.0. The number of amides is 1. The molecule has 1 unspecified atom stereocenters. The van der Waals surface area contributed by atoms with Crippen LogP contribution in [0.5, 0.6) is 0 Å². The van der Waals surface area contributed by atoms with Crippen molar-refractivity contribution in [3.63, 3.8) is 0 Å². The van der Waals surface area contributed by atoms with E-state index in [4.69, 9.17) is 4.74 Å². The fourth-order valence-corrected chi connectivity index (χ4v) is 2.00. The molecule has 94 valence electrons. The summed E-state index contributed by atoms with van der Waals surface area (Å²) in [4.78, 5) is 12.2. The molecule has 0 aromatic carbocycles. The number of hydrogen-bond acceptors (Lipinski definition) is 2. The van der Waals surface area contributed by atoms with Crippen LogP contribution in [0, 0.1) is 5.92 Å². The van der Waals surface area contributed by atoms with E-state index in [9.17, 15) is 4.79 Å². The zero-order valence-electron chi connectivity index (χ0n) is 11.0. The highest BCUT2D eigenvalue weighted by atomic mass is 16.5. The smallest absolute Gasteiger partial charge is 0.252 e. The lowest BCUT2D eigenvalue weighted by Crippen LogP contribution is -2.51. The van der Waals surface area contributed by atoms with E-state index in [1.807, 2.05) is 13.8 Å². The van der Waals surface area contributed by atoms with Gasteiger partial charge in [-0.05, 0) is 39.0 Å². The number of nitrogens with one attached hydrogen (secondary N) is 1. The highest BCUT2D eigenvalue weighted by Crippen LogP contribution is 2.28. The average molecular weight is 227 g/mol. The van der Waals surface area contributed by atoms with Crippen molar-refractivity contribution in [3.05, 3.63) is 0 Å². The molecule has 2 atom stereocenters. The molecule has 1 amide bonds. The number of carbonyl (C=O) groups excluding carboxylic acids is 1. The molecule has 0 aromatic heterocycles. The van der Waals surface area contributed by atoms with Crippen LogP contribution in [-0.2, 0) is 9.53 Å². The molecule has 1 saturated carbocycles. The molecule has 1 aliphatic rings. The van der Waals surface area contributed by atoms with Crippen molar-refractivity contribution in [3.8, 4) is 0 Å². The Labute approximate surface area is 98.9 Å². The van der Waals surface area contributed by atoms with Crippen LogP contribution in [0.15, 0.2) is 0 Å². The van der Waals surface area contributed by atoms with Crippen LogP contribution in [-0.4, -0.2) is 24.2 Å². The summed E-state index contributed by atoms with van der Waals surface area (Å²) >= 11 is 0. The molecule has 3 nitrogen and oxygen atoms in total. The van der Waals surface area contributed by atoms with Gasteiger partial charge in [0, 0.05) is 12.6 Å². The standard InChI is InChI=1S/C13H25NO2/c1-5-7-10(3)13(4,16-6-2)12(15)14-11-8-9-11/h10-11H,5-9H2,1-4H3,(H,14,15)/t10-,13?/m0/s1. The molecule has 3 heteroatoms. The largest absolute Gasteiger partial charge is 0.365 e. The molecule has 0 aromatic rings. The molecule has 1 aliphatic carbocycles. The van der Waals surface area contributed by atoms with Crippen LogP contribution in [0.4, 0.5) is 0 Å². The van der Waals surface area contributed by atoms with Gasteiger partial charge in [-0.25, -0.2) is 0 Å². The van der Waals surface area contributed by atoms with Crippen LogP contribution in [0.25, 0.3) is 0 Å². The van der Waals surface area contributed by atoms with Crippen LogP contribution >= 0.6 is 0 Å². The molecule has 0 saturated heterocycles. The van der Waals surface area contributed by atoms with Gasteiger partial charge >= 0.3 is 0 Å². The van der Waals surface area contributed by atoms with Crippen LogP contribution < -0.4 is 5.32 Å². The van der Waals surface area contributed by atoms with Crippen LogP contribution in [0.3, 0.4) is 0 Å². The lowest BCUT2D eigenvalue weighted by molar-refractivity contribution is -0.151. The molecule has 1 rings (SSSR count). The Kier molecular flexibility index (Phi) is 4.78. The summed E-state index contributed by atoms with van der Waals surface area (Å²) in [5.41, 5.74) is -0.659. The lowest BCUT2D eigenvalue weighted by Gasteiger charge is -2.34. The van der Waals surface area contributed by atoms with E-state index in [0.29, 0.717) is 12.6 Å². The predicted molar refractivity (Wildman–Crippen MR) is 65.3 cm³/mol. The first-order valence-corrected chi connectivity index (χ1v) is 6.49. The lowest BCUT2D eigenvalue weighted by atomic mass is 9.86. The molecule has 0 heterocycles. The van der Waals surface area contributed by atoms with Gasteiger partial charge in [-0.3, -0.25) is 4.79 Å². The fraction of sp³-hybridized carbons (Fsp3) is 0.923. The average Bonchev–Trinajstić information content (AvgIpc) is 3.02. The Bertz CT molecular complexity index is 238. The summed E-state index contributed by atoms with van der Waals surface area (Å²) in [5.74, 6) is 0.328. The molecule has 1 N–H and O–H groups in total. The maximum atomic E-state index is 12.2. The van der Waals surface area contributed by atoms with Gasteiger partial charge in [0.25, 0.3) is 5.91 Å². The van der Waals surface area contributed by atoms with Gasteiger partial charge in [-0.15, -0.1) is 0 Å². The van der Waals surface area contributed by atoms with Crippen LogP contribution in [0.1, 0.15) is 53.4 Å². The van der Waals surface area contributed by atoms with Crippen molar-refractivity contribution in [2.24, 2.45) is 5.92 Å². The quantitative estimate of drug-likeness (QED) is 0.725.